The lowest BCUT2D eigenvalue weighted by Crippen LogP contribution is -2.52. The summed E-state index contributed by atoms with van der Waals surface area (Å²) in [5.41, 5.74) is 0.402. The maximum atomic E-state index is 11.8. The summed E-state index contributed by atoms with van der Waals surface area (Å²) in [5, 5.41) is 0. The predicted molar refractivity (Wildman–Crippen MR) is 103 cm³/mol. The van der Waals surface area contributed by atoms with Crippen molar-refractivity contribution < 1.29 is 9.59 Å². The third kappa shape index (κ3) is 4.31. The van der Waals surface area contributed by atoms with Crippen LogP contribution in [-0.2, 0) is 9.59 Å². The normalized spacial score (nSPS) is 13.7. The summed E-state index contributed by atoms with van der Waals surface area (Å²) in [6.07, 6.45) is 2.78. The molecule has 0 amide bonds. The summed E-state index contributed by atoms with van der Waals surface area (Å²) in [6, 6.07) is 0. The lowest BCUT2D eigenvalue weighted by Gasteiger charge is -2.46. The molecule has 0 aliphatic rings. The smallest absolute Gasteiger partial charge is 0.178 e. The van der Waals surface area contributed by atoms with Crippen LogP contribution in [0.5, 0.6) is 0 Å². The summed E-state index contributed by atoms with van der Waals surface area (Å²) < 4.78 is 3.28. The fourth-order valence-corrected chi connectivity index (χ4v) is 3.80. The van der Waals surface area contributed by atoms with Crippen molar-refractivity contribution in [2.24, 2.45) is 0 Å². The fourth-order valence-electron chi connectivity index (χ4n) is 1.48. The van der Waals surface area contributed by atoms with Crippen molar-refractivity contribution in [3.8, 4) is 0 Å². The number of carbonyl (C=O) groups is 2. The van der Waals surface area contributed by atoms with Gasteiger partial charge in [-0.3, -0.25) is 9.59 Å². The van der Waals surface area contributed by atoms with Crippen LogP contribution in [0.2, 0.25) is 0 Å². The van der Waals surface area contributed by atoms with Gasteiger partial charge < -0.3 is 7.55 Å². The monoisotopic (exact) mass is 448 g/mol. The number of ketones is 1. The highest BCUT2D eigenvalue weighted by Crippen LogP contribution is 2.42. The number of carbonyl (C=O) groups excluding carboxylic acids is 2. The van der Waals surface area contributed by atoms with E-state index in [0.717, 1.165) is 6.29 Å². The second-order valence-corrected chi connectivity index (χ2v) is 9.47. The number of aldehydes is 1. The van der Waals surface area contributed by atoms with E-state index >= 15 is 0 Å². The van der Waals surface area contributed by atoms with Gasteiger partial charge in [0.2, 0.25) is 0 Å². The first-order valence-electron chi connectivity index (χ1n) is 5.95. The summed E-state index contributed by atoms with van der Waals surface area (Å²) in [5.74, 6) is -0.156. The second-order valence-electron chi connectivity index (χ2n) is 5.37. The van der Waals surface area contributed by atoms with Crippen LogP contribution in [-0.4, -0.2) is 36.2 Å². The Morgan fingerprint density at radius 1 is 1.25 bits per heavy atom. The van der Waals surface area contributed by atoms with Gasteiger partial charge in [0.05, 0.1) is 28.4 Å². The Morgan fingerprint density at radius 3 is 1.95 bits per heavy atom. The van der Waals surface area contributed by atoms with Gasteiger partial charge in [0.1, 0.15) is 11.4 Å². The van der Waals surface area contributed by atoms with Crippen LogP contribution in [0.25, 0.3) is 0 Å². The number of hydrogen-bond acceptors (Lipinski definition) is 5. The molecule has 0 saturated heterocycles. The molecule has 116 valence electrons. The first kappa shape index (κ1) is 20.6. The van der Waals surface area contributed by atoms with Crippen LogP contribution in [0.15, 0.2) is 11.4 Å². The molecule has 0 aromatic carbocycles. The van der Waals surface area contributed by atoms with E-state index < -0.39 is 0 Å². The van der Waals surface area contributed by atoms with E-state index in [2.05, 4.69) is 69.3 Å². The van der Waals surface area contributed by atoms with Crippen molar-refractivity contribution in [1.82, 2.24) is 7.55 Å². The van der Waals surface area contributed by atoms with E-state index in [1.165, 1.54) is 11.4 Å². The Bertz CT molecular complexity index is 426. The molecule has 0 radical (unpaired) electrons. The van der Waals surface area contributed by atoms with Gasteiger partial charge in [-0.25, -0.2) is 0 Å². The molecule has 0 heterocycles. The fraction of sp³-hybridized carbons (Fsp3) is 0.667. The van der Waals surface area contributed by atoms with Crippen LogP contribution in [0.1, 0.15) is 34.6 Å². The molecule has 8 heteroatoms. The van der Waals surface area contributed by atoms with Crippen molar-refractivity contribution in [3.05, 3.63) is 11.4 Å². The van der Waals surface area contributed by atoms with Gasteiger partial charge in [-0.15, -0.1) is 0 Å². The molecule has 4 nitrogen and oxygen atoms in total. The zero-order chi connectivity index (χ0) is 16.3. The van der Waals surface area contributed by atoms with E-state index in [1.807, 2.05) is 9.37 Å². The summed E-state index contributed by atoms with van der Waals surface area (Å²) >= 11 is 3.84. The van der Waals surface area contributed by atoms with Crippen molar-refractivity contribution in [2.75, 3.05) is 6.26 Å². The molecule has 20 heavy (non-hydrogen) atoms. The van der Waals surface area contributed by atoms with Crippen molar-refractivity contribution in [1.29, 1.82) is 0 Å². The minimum Gasteiger partial charge on any atom is -0.336 e. The van der Waals surface area contributed by atoms with E-state index in [-0.39, 0.29) is 16.1 Å². The Balaban J connectivity index is 5.97. The minimum absolute atomic E-state index is 0.100. The van der Waals surface area contributed by atoms with E-state index in [0.29, 0.717) is 11.4 Å². The van der Waals surface area contributed by atoms with Gasteiger partial charge in [-0.2, -0.15) is 11.8 Å². The van der Waals surface area contributed by atoms with E-state index in [1.54, 1.807) is 11.8 Å². The number of hydrogen-bond donors (Lipinski definition) is 0. The zero-order valence-corrected chi connectivity index (χ0v) is 18.0. The molecule has 0 aromatic rings. The molecular formula is C12H23IN2O2P2S. The summed E-state index contributed by atoms with van der Waals surface area (Å²) in [7, 11) is 4.78. The number of rotatable bonds is 7. The Kier molecular flexibility index (Phi) is 7.99. The van der Waals surface area contributed by atoms with Gasteiger partial charge in [0, 0.05) is 11.7 Å². The van der Waals surface area contributed by atoms with Crippen LogP contribution in [0.4, 0.5) is 0 Å². The minimum atomic E-state index is -0.324. The SMILES string of the molecule is CSC(C)(C)C(C)(C)N(I)/C(C=O)=C(/C(C)=O)N(P)P. The van der Waals surface area contributed by atoms with Gasteiger partial charge in [0.15, 0.2) is 12.1 Å². The van der Waals surface area contributed by atoms with E-state index in [9.17, 15) is 9.59 Å². The quantitative estimate of drug-likeness (QED) is 0.196. The maximum absolute atomic E-state index is 11.8. The van der Waals surface area contributed by atoms with Gasteiger partial charge in [0.25, 0.3) is 0 Å². The van der Waals surface area contributed by atoms with Crippen molar-refractivity contribution in [2.45, 2.75) is 44.9 Å². The van der Waals surface area contributed by atoms with Crippen LogP contribution in [0, 0.1) is 0 Å². The lowest BCUT2D eigenvalue weighted by atomic mass is 9.89. The third-order valence-corrected chi connectivity index (χ3v) is 7.39. The predicted octanol–water partition coefficient (Wildman–Crippen LogP) is 3.44. The summed E-state index contributed by atoms with van der Waals surface area (Å²) in [4.78, 5) is 23.4. The van der Waals surface area contributed by atoms with Gasteiger partial charge in [-0.1, -0.05) is 0 Å². The van der Waals surface area contributed by atoms with Gasteiger partial charge >= 0.3 is 0 Å². The highest BCUT2D eigenvalue weighted by Gasteiger charge is 2.42. The van der Waals surface area contributed by atoms with Gasteiger partial charge in [-0.05, 0) is 52.7 Å². The van der Waals surface area contributed by atoms with Crippen LogP contribution in [0.3, 0.4) is 0 Å². The molecule has 0 N–H and O–H groups in total. The first-order valence-corrected chi connectivity index (χ1v) is 9.17. The number of allylic oxidation sites excluding steroid dienone is 2. The standard InChI is InChI=1S/C12H23IN2O2P2S/c1-8(17)10(15(18)19)9(7-16)14(13)11(2,3)12(4,5)20-6/h7H,18-19H2,1-6H3/b10-9-. The highest BCUT2D eigenvalue weighted by molar-refractivity contribution is 14.1. The Morgan fingerprint density at radius 2 is 1.70 bits per heavy atom. The largest absolute Gasteiger partial charge is 0.336 e. The summed E-state index contributed by atoms with van der Waals surface area (Å²) in [6.45, 7) is 9.83. The topological polar surface area (TPSA) is 40.6 Å². The van der Waals surface area contributed by atoms with Crippen LogP contribution < -0.4 is 0 Å². The molecule has 0 aliphatic heterocycles. The molecule has 0 rings (SSSR count). The highest BCUT2D eigenvalue weighted by atomic mass is 127. The Labute approximate surface area is 144 Å². The van der Waals surface area contributed by atoms with Crippen molar-refractivity contribution in [3.63, 3.8) is 0 Å². The third-order valence-electron chi connectivity index (χ3n) is 3.63. The molecule has 2 unspecified atom stereocenters. The van der Waals surface area contributed by atoms with Crippen LogP contribution >= 0.6 is 53.4 Å². The zero-order valence-electron chi connectivity index (χ0n) is 12.7. The number of thioether (sulfide) groups is 1. The molecule has 0 fully saturated rings. The number of nitrogens with zero attached hydrogens (tertiary/aromatic N) is 2. The van der Waals surface area contributed by atoms with E-state index in [4.69, 9.17) is 0 Å². The molecule has 0 spiro atoms. The average Bonchev–Trinajstić information content (AvgIpc) is 2.33. The average molecular weight is 448 g/mol. The Hall–Kier alpha value is 0.620. The molecule has 2 atom stereocenters. The first-order chi connectivity index (χ1) is 8.93. The molecule has 0 aliphatic carbocycles. The second kappa shape index (κ2) is 7.75. The lowest BCUT2D eigenvalue weighted by molar-refractivity contribution is -0.115. The molecule has 0 saturated carbocycles. The number of halogens is 1. The van der Waals surface area contributed by atoms with Crippen molar-refractivity contribution >= 4 is 65.5 Å². The molecule has 0 bridgehead atoms. The molecular weight excluding hydrogens is 425 g/mol. The maximum Gasteiger partial charge on any atom is 0.178 e. The number of Topliss-reactive ketones (excluding diaryl/α,β-unsaturated/α-hetero) is 1. The molecule has 0 aromatic heterocycles.